The van der Waals surface area contributed by atoms with Crippen molar-refractivity contribution < 1.29 is 37.3 Å². The van der Waals surface area contributed by atoms with Crippen LogP contribution in [0.15, 0.2) is 89.9 Å². The standard InChI is InChI=1S/C31H32F3N3O5/c1-40-26-12-5-11-24(20-26)27-30(29(39)37-35-21-31(32,33)34,17-6-10-22-8-3-2-4-9-22)36-28(42-27)23-13-15-25(16-14-23)41-19-7-18-38/h2-6,8-16,20,27,35,38H,7,17-19,21H2,1H3,(H,37,39)/b10-6+/t27-,30-/m0/s1. The molecule has 0 aromatic heterocycles. The highest BCUT2D eigenvalue weighted by Gasteiger charge is 2.53. The summed E-state index contributed by atoms with van der Waals surface area (Å²) in [5.74, 6) is 0.430. The molecule has 0 aliphatic carbocycles. The fraction of sp³-hybridized carbons (Fsp3) is 0.290. The van der Waals surface area contributed by atoms with Crippen LogP contribution in [0.25, 0.3) is 6.08 Å². The summed E-state index contributed by atoms with van der Waals surface area (Å²) in [4.78, 5) is 18.5. The molecule has 3 aromatic rings. The van der Waals surface area contributed by atoms with Gasteiger partial charge in [-0.05, 0) is 47.5 Å². The number of aliphatic hydroxyl groups is 1. The average molecular weight is 584 g/mol. The highest BCUT2D eigenvalue weighted by molar-refractivity contribution is 6.01. The largest absolute Gasteiger partial charge is 0.497 e. The quantitative estimate of drug-likeness (QED) is 0.194. The Morgan fingerprint density at radius 3 is 2.52 bits per heavy atom. The summed E-state index contributed by atoms with van der Waals surface area (Å²) in [7, 11) is 1.50. The van der Waals surface area contributed by atoms with Crippen LogP contribution < -0.4 is 20.3 Å². The number of carbonyl (C=O) groups excluding carboxylic acids is 1. The lowest BCUT2D eigenvalue weighted by atomic mass is 9.84. The van der Waals surface area contributed by atoms with Gasteiger partial charge in [0.15, 0.2) is 11.6 Å². The molecule has 0 spiro atoms. The van der Waals surface area contributed by atoms with E-state index >= 15 is 0 Å². The number of benzene rings is 3. The number of hydrazine groups is 1. The Bertz CT molecular complexity index is 1380. The first-order valence-corrected chi connectivity index (χ1v) is 13.3. The van der Waals surface area contributed by atoms with Gasteiger partial charge in [0.2, 0.25) is 5.90 Å². The molecule has 0 unspecified atom stereocenters. The summed E-state index contributed by atoms with van der Waals surface area (Å²) < 4.78 is 56.0. The Kier molecular flexibility index (Phi) is 10.2. The average Bonchev–Trinajstić information content (AvgIpc) is 3.38. The van der Waals surface area contributed by atoms with E-state index in [-0.39, 0.29) is 18.9 Å². The maximum atomic E-state index is 13.8. The van der Waals surface area contributed by atoms with Crippen molar-refractivity contribution in [3.8, 4) is 11.5 Å². The van der Waals surface area contributed by atoms with Crippen LogP contribution in [0.5, 0.6) is 11.5 Å². The van der Waals surface area contributed by atoms with Crippen molar-refractivity contribution in [2.45, 2.75) is 30.7 Å². The number of methoxy groups -OCH3 is 1. The van der Waals surface area contributed by atoms with Crippen molar-refractivity contribution in [1.82, 2.24) is 10.9 Å². The Morgan fingerprint density at radius 1 is 1.07 bits per heavy atom. The number of hydrogen-bond acceptors (Lipinski definition) is 7. The molecule has 0 saturated heterocycles. The molecule has 222 valence electrons. The van der Waals surface area contributed by atoms with Gasteiger partial charge in [-0.2, -0.15) is 13.2 Å². The molecular formula is C31H32F3N3O5. The van der Waals surface area contributed by atoms with Gasteiger partial charge in [-0.15, -0.1) is 0 Å². The predicted octanol–water partition coefficient (Wildman–Crippen LogP) is 5.00. The van der Waals surface area contributed by atoms with E-state index in [1.54, 1.807) is 54.6 Å². The summed E-state index contributed by atoms with van der Waals surface area (Å²) in [5, 5.41) is 8.98. The lowest BCUT2D eigenvalue weighted by molar-refractivity contribution is -0.136. The molecule has 3 N–H and O–H groups in total. The number of nitrogens with zero attached hydrogens (tertiary/aromatic N) is 1. The predicted molar refractivity (Wildman–Crippen MR) is 152 cm³/mol. The smallest absolute Gasteiger partial charge is 0.402 e. The summed E-state index contributed by atoms with van der Waals surface area (Å²) in [6.07, 6.45) is -1.49. The summed E-state index contributed by atoms with van der Waals surface area (Å²) in [6.45, 7) is -1.07. The van der Waals surface area contributed by atoms with Gasteiger partial charge < -0.3 is 19.3 Å². The molecule has 11 heteroatoms. The molecule has 1 amide bonds. The number of amides is 1. The first kappa shape index (κ1) is 30.6. The Morgan fingerprint density at radius 2 is 1.83 bits per heavy atom. The summed E-state index contributed by atoms with van der Waals surface area (Å²) >= 11 is 0. The lowest BCUT2D eigenvalue weighted by Crippen LogP contribution is -2.54. The van der Waals surface area contributed by atoms with Gasteiger partial charge in [-0.25, -0.2) is 10.4 Å². The zero-order valence-corrected chi connectivity index (χ0v) is 22.9. The third-order valence-corrected chi connectivity index (χ3v) is 6.46. The van der Waals surface area contributed by atoms with Crippen molar-refractivity contribution in [1.29, 1.82) is 0 Å². The third kappa shape index (κ3) is 7.89. The van der Waals surface area contributed by atoms with E-state index in [9.17, 15) is 18.0 Å². The lowest BCUT2D eigenvalue weighted by Gasteiger charge is -2.30. The molecule has 3 aromatic carbocycles. The number of aliphatic hydroxyl groups excluding tert-OH is 1. The monoisotopic (exact) mass is 583 g/mol. The number of rotatable bonds is 13. The van der Waals surface area contributed by atoms with Crippen molar-refractivity contribution in [3.05, 3.63) is 102 Å². The van der Waals surface area contributed by atoms with Gasteiger partial charge in [0.25, 0.3) is 5.91 Å². The van der Waals surface area contributed by atoms with Crippen LogP contribution >= 0.6 is 0 Å². The molecule has 1 heterocycles. The SMILES string of the molecule is COc1cccc([C@@H]2OC(c3ccc(OCCCO)cc3)=N[C@]2(C/C=C/c2ccccc2)C(=O)NNCC(F)(F)F)c1. The van der Waals surface area contributed by atoms with E-state index in [4.69, 9.17) is 24.3 Å². The molecule has 0 saturated carbocycles. The van der Waals surface area contributed by atoms with E-state index in [1.807, 2.05) is 41.8 Å². The van der Waals surface area contributed by atoms with E-state index in [0.29, 0.717) is 35.7 Å². The molecule has 0 fully saturated rings. The highest BCUT2D eigenvalue weighted by atomic mass is 19.4. The van der Waals surface area contributed by atoms with Crippen LogP contribution in [0, 0.1) is 0 Å². The van der Waals surface area contributed by atoms with Gasteiger partial charge >= 0.3 is 6.18 Å². The molecular weight excluding hydrogens is 551 g/mol. The van der Waals surface area contributed by atoms with Crippen LogP contribution in [0.4, 0.5) is 13.2 Å². The van der Waals surface area contributed by atoms with Gasteiger partial charge in [0.1, 0.15) is 18.0 Å². The molecule has 8 nitrogen and oxygen atoms in total. The molecule has 4 rings (SSSR count). The second-order valence-corrected chi connectivity index (χ2v) is 9.51. The van der Waals surface area contributed by atoms with Crippen molar-refractivity contribution >= 4 is 17.9 Å². The second-order valence-electron chi connectivity index (χ2n) is 9.51. The fourth-order valence-electron chi connectivity index (χ4n) is 4.39. The Hall–Kier alpha value is -4.35. The number of ether oxygens (including phenoxy) is 3. The van der Waals surface area contributed by atoms with Crippen molar-refractivity contribution in [2.24, 2.45) is 4.99 Å². The molecule has 42 heavy (non-hydrogen) atoms. The zero-order valence-electron chi connectivity index (χ0n) is 22.9. The first-order valence-electron chi connectivity index (χ1n) is 13.3. The molecule has 0 radical (unpaired) electrons. The molecule has 2 atom stereocenters. The Labute approximate surface area is 241 Å². The number of aliphatic imine (C=N–C) groups is 1. The molecule has 0 bridgehead atoms. The van der Waals surface area contributed by atoms with Crippen LogP contribution in [0.2, 0.25) is 0 Å². The Balaban J connectivity index is 1.73. The summed E-state index contributed by atoms with van der Waals surface area (Å²) in [5.41, 5.74) is 4.48. The normalized spacial score (nSPS) is 18.4. The third-order valence-electron chi connectivity index (χ3n) is 6.46. The first-order chi connectivity index (χ1) is 20.2. The van der Waals surface area contributed by atoms with Crippen molar-refractivity contribution in [2.75, 3.05) is 26.9 Å². The highest BCUT2D eigenvalue weighted by Crippen LogP contribution is 2.43. The number of hydrogen-bond donors (Lipinski definition) is 3. The van der Waals surface area contributed by atoms with Crippen LogP contribution in [-0.2, 0) is 9.53 Å². The van der Waals surface area contributed by atoms with Crippen LogP contribution in [-0.4, -0.2) is 55.5 Å². The van der Waals surface area contributed by atoms with Crippen LogP contribution in [0.3, 0.4) is 0 Å². The fourth-order valence-corrected chi connectivity index (χ4v) is 4.39. The van der Waals surface area contributed by atoms with Gasteiger partial charge in [0, 0.05) is 25.0 Å². The van der Waals surface area contributed by atoms with E-state index < -0.39 is 30.3 Å². The zero-order chi connectivity index (χ0) is 30.0. The van der Waals surface area contributed by atoms with Crippen LogP contribution in [0.1, 0.15) is 35.6 Å². The maximum Gasteiger partial charge on any atom is 0.402 e. The number of halogens is 3. The van der Waals surface area contributed by atoms with E-state index in [1.165, 1.54) is 7.11 Å². The number of nitrogens with one attached hydrogen (secondary N) is 2. The second kappa shape index (κ2) is 14.0. The van der Waals surface area contributed by atoms with Crippen molar-refractivity contribution in [3.63, 3.8) is 0 Å². The summed E-state index contributed by atoms with van der Waals surface area (Å²) in [6, 6.07) is 23.1. The molecule has 1 aliphatic rings. The van der Waals surface area contributed by atoms with Gasteiger partial charge in [-0.1, -0.05) is 54.6 Å². The minimum atomic E-state index is -4.54. The topological polar surface area (TPSA) is 101 Å². The minimum absolute atomic E-state index is 0.00901. The number of alkyl halides is 3. The van der Waals surface area contributed by atoms with Gasteiger partial charge in [0.05, 0.1) is 13.7 Å². The van der Waals surface area contributed by atoms with Gasteiger partial charge in [-0.3, -0.25) is 10.2 Å². The maximum absolute atomic E-state index is 13.8. The molecule has 1 aliphatic heterocycles. The van der Waals surface area contributed by atoms with E-state index in [2.05, 4.69) is 5.43 Å². The minimum Gasteiger partial charge on any atom is -0.497 e. The van der Waals surface area contributed by atoms with E-state index in [0.717, 1.165) is 5.56 Å². The number of carbonyl (C=O) groups is 1.